The van der Waals surface area contributed by atoms with Crippen LogP contribution in [-0.4, -0.2) is 53.8 Å². The Morgan fingerprint density at radius 3 is 2.59 bits per heavy atom. The molecular weight excluding hydrogens is 342 g/mol. The van der Waals surface area contributed by atoms with Crippen molar-refractivity contribution in [1.82, 2.24) is 20.0 Å². The lowest BCUT2D eigenvalue weighted by atomic mass is 10.0. The minimum Gasteiger partial charge on any atom is -0.369 e. The van der Waals surface area contributed by atoms with E-state index in [2.05, 4.69) is 39.9 Å². The summed E-state index contributed by atoms with van der Waals surface area (Å²) >= 11 is 0. The first-order valence-corrected chi connectivity index (χ1v) is 9.39. The van der Waals surface area contributed by atoms with Crippen molar-refractivity contribution in [2.45, 2.75) is 25.8 Å². The minimum absolute atomic E-state index is 0.0563. The SMILES string of the molecule is C=C1NC(=O)CCC1n1nc(C)c2ccc(N3CCN(C)CC3)cc2c1=O. The minimum atomic E-state index is -0.300. The largest absolute Gasteiger partial charge is 0.369 e. The van der Waals surface area contributed by atoms with Crippen molar-refractivity contribution < 1.29 is 4.79 Å². The van der Waals surface area contributed by atoms with Crippen molar-refractivity contribution in [3.05, 3.63) is 46.5 Å². The van der Waals surface area contributed by atoms with Crippen molar-refractivity contribution in [3.8, 4) is 0 Å². The van der Waals surface area contributed by atoms with Crippen LogP contribution in [0.4, 0.5) is 5.69 Å². The number of allylic oxidation sites excluding steroid dienone is 1. The number of aromatic nitrogens is 2. The number of benzene rings is 1. The summed E-state index contributed by atoms with van der Waals surface area (Å²) in [6, 6.07) is 5.75. The molecule has 0 saturated carbocycles. The molecule has 0 aliphatic carbocycles. The highest BCUT2D eigenvalue weighted by Gasteiger charge is 2.26. The molecule has 7 nitrogen and oxygen atoms in total. The second-order valence-corrected chi connectivity index (χ2v) is 7.48. The summed E-state index contributed by atoms with van der Waals surface area (Å²) < 4.78 is 1.49. The summed E-state index contributed by atoms with van der Waals surface area (Å²) in [4.78, 5) is 29.4. The summed E-state index contributed by atoms with van der Waals surface area (Å²) in [5.41, 5.74) is 2.28. The van der Waals surface area contributed by atoms with Crippen molar-refractivity contribution in [1.29, 1.82) is 0 Å². The van der Waals surface area contributed by atoms with Crippen molar-refractivity contribution in [2.24, 2.45) is 0 Å². The molecule has 142 valence electrons. The molecule has 0 radical (unpaired) electrons. The Hall–Kier alpha value is -2.67. The number of fused-ring (bicyclic) bond motifs is 1. The molecule has 2 saturated heterocycles. The van der Waals surface area contributed by atoms with Gasteiger partial charge in [0.1, 0.15) is 0 Å². The summed E-state index contributed by atoms with van der Waals surface area (Å²) in [5, 5.41) is 8.81. The van der Waals surface area contributed by atoms with Crippen LogP contribution in [0.3, 0.4) is 0 Å². The van der Waals surface area contributed by atoms with Crippen LogP contribution in [0.25, 0.3) is 10.8 Å². The van der Waals surface area contributed by atoms with Crippen LogP contribution in [0, 0.1) is 6.92 Å². The molecule has 1 amide bonds. The van der Waals surface area contributed by atoms with Gasteiger partial charge in [0.15, 0.2) is 0 Å². The monoisotopic (exact) mass is 367 g/mol. The number of hydrogen-bond acceptors (Lipinski definition) is 5. The highest BCUT2D eigenvalue weighted by Crippen LogP contribution is 2.26. The van der Waals surface area contributed by atoms with Crippen molar-refractivity contribution in [3.63, 3.8) is 0 Å². The van der Waals surface area contributed by atoms with E-state index >= 15 is 0 Å². The first-order valence-electron chi connectivity index (χ1n) is 9.39. The first kappa shape index (κ1) is 17.7. The van der Waals surface area contributed by atoms with Gasteiger partial charge in [-0.2, -0.15) is 5.10 Å². The van der Waals surface area contributed by atoms with Crippen LogP contribution in [0.1, 0.15) is 24.6 Å². The van der Waals surface area contributed by atoms with Gasteiger partial charge in [0.25, 0.3) is 5.56 Å². The zero-order chi connectivity index (χ0) is 19.1. The Morgan fingerprint density at radius 1 is 1.15 bits per heavy atom. The van der Waals surface area contributed by atoms with Gasteiger partial charge in [-0.25, -0.2) is 4.68 Å². The summed E-state index contributed by atoms with van der Waals surface area (Å²) in [7, 11) is 2.13. The van der Waals surface area contributed by atoms with Crippen LogP contribution < -0.4 is 15.8 Å². The Labute approximate surface area is 158 Å². The Kier molecular flexibility index (Phi) is 4.47. The second kappa shape index (κ2) is 6.81. The molecule has 27 heavy (non-hydrogen) atoms. The van der Waals surface area contributed by atoms with Gasteiger partial charge < -0.3 is 15.1 Å². The van der Waals surface area contributed by atoms with E-state index in [0.29, 0.717) is 23.9 Å². The zero-order valence-corrected chi connectivity index (χ0v) is 15.9. The lowest BCUT2D eigenvalue weighted by Crippen LogP contribution is -2.44. The average molecular weight is 367 g/mol. The molecule has 3 heterocycles. The summed E-state index contributed by atoms with van der Waals surface area (Å²) in [6.07, 6.45) is 0.914. The van der Waals surface area contributed by atoms with E-state index in [4.69, 9.17) is 0 Å². The Bertz CT molecular complexity index is 972. The first-order chi connectivity index (χ1) is 12.9. The summed E-state index contributed by atoms with van der Waals surface area (Å²) in [6.45, 7) is 9.77. The molecule has 1 aromatic carbocycles. The highest BCUT2D eigenvalue weighted by molar-refractivity contribution is 5.87. The zero-order valence-electron chi connectivity index (χ0n) is 15.9. The number of piperidine rings is 1. The third-order valence-electron chi connectivity index (χ3n) is 5.60. The molecule has 2 fully saturated rings. The van der Waals surface area contributed by atoms with Gasteiger partial charge in [-0.05, 0) is 32.5 Å². The van der Waals surface area contributed by atoms with Crippen LogP contribution in [-0.2, 0) is 4.79 Å². The fraction of sp³-hybridized carbons (Fsp3) is 0.450. The summed E-state index contributed by atoms with van der Waals surface area (Å²) in [5.74, 6) is -0.0563. The van der Waals surface area contributed by atoms with Crippen molar-refractivity contribution in [2.75, 3.05) is 38.1 Å². The van der Waals surface area contributed by atoms with Crippen LogP contribution >= 0.6 is 0 Å². The molecule has 1 N–H and O–H groups in total. The maximum Gasteiger partial charge on any atom is 0.275 e. The molecule has 2 aliphatic rings. The number of carbonyl (C=O) groups is 1. The van der Waals surface area contributed by atoms with E-state index in [1.54, 1.807) is 0 Å². The lowest BCUT2D eigenvalue weighted by Gasteiger charge is -2.34. The van der Waals surface area contributed by atoms with Crippen LogP contribution in [0.15, 0.2) is 35.3 Å². The standard InChI is InChI=1S/C20H25N5O2/c1-13-16-5-4-15(24-10-8-23(3)9-11-24)12-17(16)20(27)25(22-13)18-6-7-19(26)21-14(18)2/h4-5,12,18H,2,6-11H2,1,3H3,(H,21,26). The highest BCUT2D eigenvalue weighted by atomic mass is 16.2. The molecule has 1 unspecified atom stereocenters. The van der Waals surface area contributed by atoms with E-state index in [0.717, 1.165) is 42.9 Å². The molecule has 2 aliphatic heterocycles. The van der Waals surface area contributed by atoms with Gasteiger partial charge in [0.05, 0.1) is 17.1 Å². The number of aryl methyl sites for hydroxylation is 1. The van der Waals surface area contributed by atoms with E-state index in [9.17, 15) is 9.59 Å². The Balaban J connectivity index is 1.76. The van der Waals surface area contributed by atoms with E-state index < -0.39 is 0 Å². The van der Waals surface area contributed by atoms with Crippen LogP contribution in [0.2, 0.25) is 0 Å². The third-order valence-corrected chi connectivity index (χ3v) is 5.60. The number of carbonyl (C=O) groups excluding carboxylic acids is 1. The molecular formula is C20H25N5O2. The lowest BCUT2D eigenvalue weighted by molar-refractivity contribution is -0.121. The van der Waals surface area contributed by atoms with Gasteiger partial charge in [0.2, 0.25) is 5.91 Å². The quantitative estimate of drug-likeness (QED) is 0.869. The fourth-order valence-electron chi connectivity index (χ4n) is 3.92. The number of nitrogens with zero attached hydrogens (tertiary/aromatic N) is 4. The maximum atomic E-state index is 13.2. The normalized spacial score (nSPS) is 21.6. The van der Waals surface area contributed by atoms with Gasteiger partial charge in [0, 0.05) is 49.4 Å². The third kappa shape index (κ3) is 3.23. The maximum absolute atomic E-state index is 13.2. The number of likely N-dealkylation sites (N-methyl/N-ethyl adjacent to an activating group) is 1. The van der Waals surface area contributed by atoms with E-state index in [1.165, 1.54) is 4.68 Å². The molecule has 1 atom stereocenters. The van der Waals surface area contributed by atoms with Crippen molar-refractivity contribution >= 4 is 22.4 Å². The smallest absolute Gasteiger partial charge is 0.275 e. The topological polar surface area (TPSA) is 70.5 Å². The van der Waals surface area contributed by atoms with Gasteiger partial charge in [-0.15, -0.1) is 0 Å². The fourth-order valence-corrected chi connectivity index (χ4v) is 3.92. The number of rotatable bonds is 2. The molecule has 2 aromatic rings. The van der Waals surface area contributed by atoms with E-state index in [-0.39, 0.29) is 17.5 Å². The van der Waals surface area contributed by atoms with E-state index in [1.807, 2.05) is 19.1 Å². The molecule has 1 aromatic heterocycles. The van der Waals surface area contributed by atoms with Crippen LogP contribution in [0.5, 0.6) is 0 Å². The second-order valence-electron chi connectivity index (χ2n) is 7.48. The molecule has 7 heteroatoms. The van der Waals surface area contributed by atoms with Gasteiger partial charge in [-0.3, -0.25) is 9.59 Å². The number of piperazine rings is 1. The molecule has 0 bridgehead atoms. The number of hydrogen-bond donors (Lipinski definition) is 1. The molecule has 0 spiro atoms. The predicted octanol–water partition coefficient (Wildman–Crippen LogP) is 1.42. The number of amides is 1. The van der Waals surface area contributed by atoms with Gasteiger partial charge in [-0.1, -0.05) is 12.6 Å². The number of anilines is 1. The number of nitrogens with one attached hydrogen (secondary N) is 1. The Morgan fingerprint density at radius 2 is 1.89 bits per heavy atom. The predicted molar refractivity (Wildman–Crippen MR) is 106 cm³/mol. The molecule has 4 rings (SSSR count). The average Bonchev–Trinajstić information content (AvgIpc) is 2.65. The van der Waals surface area contributed by atoms with Gasteiger partial charge >= 0.3 is 0 Å².